The molecule has 2 amide bonds. The number of rotatable bonds is 3. The molecule has 1 aromatic rings. The van der Waals surface area contributed by atoms with Crippen LogP contribution in [0.5, 0.6) is 0 Å². The largest absolute Gasteiger partial charge is 0.351 e. The normalized spacial score (nSPS) is 16.3. The zero-order chi connectivity index (χ0) is 13.4. The Kier molecular flexibility index (Phi) is 3.21. The SMILES string of the molecule is CCCc1c2c(c(NC(N)=O)c3c1CCC3)CCC2. The quantitative estimate of drug-likeness (QED) is 0.860. The number of benzene rings is 1. The van der Waals surface area contributed by atoms with Gasteiger partial charge in [-0.05, 0) is 72.8 Å². The summed E-state index contributed by atoms with van der Waals surface area (Å²) in [6, 6.07) is -0.425. The van der Waals surface area contributed by atoms with E-state index >= 15 is 0 Å². The van der Waals surface area contributed by atoms with Crippen molar-refractivity contribution in [2.45, 2.75) is 58.3 Å². The van der Waals surface area contributed by atoms with Crippen LogP contribution in [-0.4, -0.2) is 6.03 Å². The van der Waals surface area contributed by atoms with Gasteiger partial charge < -0.3 is 11.1 Å². The van der Waals surface area contributed by atoms with Crippen LogP contribution in [0.2, 0.25) is 0 Å². The number of carbonyl (C=O) groups excluding carboxylic acids is 1. The minimum absolute atomic E-state index is 0.425. The van der Waals surface area contributed by atoms with E-state index in [0.717, 1.165) is 18.5 Å². The first-order chi connectivity index (χ1) is 9.22. The van der Waals surface area contributed by atoms with E-state index in [1.54, 1.807) is 5.56 Å². The fourth-order valence-electron chi connectivity index (χ4n) is 3.90. The second-order valence-corrected chi connectivity index (χ2v) is 5.71. The molecular weight excluding hydrogens is 236 g/mol. The topological polar surface area (TPSA) is 55.1 Å². The maximum absolute atomic E-state index is 11.3. The second kappa shape index (κ2) is 4.87. The summed E-state index contributed by atoms with van der Waals surface area (Å²) in [5, 5.41) is 2.91. The van der Waals surface area contributed by atoms with E-state index < -0.39 is 6.03 Å². The number of amides is 2. The molecule has 0 fully saturated rings. The Morgan fingerprint density at radius 3 is 2.05 bits per heavy atom. The molecule has 0 aromatic heterocycles. The predicted octanol–water partition coefficient (Wildman–Crippen LogP) is 3.11. The van der Waals surface area contributed by atoms with Crippen LogP contribution in [0.4, 0.5) is 10.5 Å². The van der Waals surface area contributed by atoms with Crippen molar-refractivity contribution in [3.8, 4) is 0 Å². The Morgan fingerprint density at radius 2 is 1.58 bits per heavy atom. The average Bonchev–Trinajstić information content (AvgIpc) is 3.01. The van der Waals surface area contributed by atoms with Gasteiger partial charge in [0.15, 0.2) is 0 Å². The summed E-state index contributed by atoms with van der Waals surface area (Å²) < 4.78 is 0. The fourth-order valence-corrected chi connectivity index (χ4v) is 3.90. The van der Waals surface area contributed by atoms with Crippen LogP contribution in [0.15, 0.2) is 0 Å². The van der Waals surface area contributed by atoms with Crippen molar-refractivity contribution >= 4 is 11.7 Å². The summed E-state index contributed by atoms with van der Waals surface area (Å²) >= 11 is 0. The molecule has 0 saturated heterocycles. The minimum atomic E-state index is -0.425. The van der Waals surface area contributed by atoms with Gasteiger partial charge in [-0.15, -0.1) is 0 Å². The molecule has 0 atom stereocenters. The van der Waals surface area contributed by atoms with Gasteiger partial charge in [-0.25, -0.2) is 4.79 Å². The van der Waals surface area contributed by atoms with Crippen LogP contribution in [0.3, 0.4) is 0 Å². The van der Waals surface area contributed by atoms with E-state index in [-0.39, 0.29) is 0 Å². The molecule has 3 nitrogen and oxygen atoms in total. The summed E-state index contributed by atoms with van der Waals surface area (Å²) in [6.45, 7) is 2.25. The van der Waals surface area contributed by atoms with Crippen LogP contribution in [-0.2, 0) is 32.1 Å². The number of hydrogen-bond donors (Lipinski definition) is 2. The lowest BCUT2D eigenvalue weighted by atomic mass is 9.90. The Bertz CT molecular complexity index is 499. The van der Waals surface area contributed by atoms with E-state index in [0.29, 0.717) is 0 Å². The molecule has 19 heavy (non-hydrogen) atoms. The number of primary amides is 1. The monoisotopic (exact) mass is 258 g/mol. The number of hydrogen-bond acceptors (Lipinski definition) is 1. The minimum Gasteiger partial charge on any atom is -0.351 e. The fraction of sp³-hybridized carbons (Fsp3) is 0.562. The molecule has 0 unspecified atom stereocenters. The molecule has 102 valence electrons. The molecule has 3 N–H and O–H groups in total. The molecule has 0 heterocycles. The van der Waals surface area contributed by atoms with Gasteiger partial charge >= 0.3 is 6.03 Å². The van der Waals surface area contributed by atoms with Crippen LogP contribution < -0.4 is 11.1 Å². The van der Waals surface area contributed by atoms with Crippen molar-refractivity contribution in [1.82, 2.24) is 0 Å². The summed E-state index contributed by atoms with van der Waals surface area (Å²) in [5.41, 5.74) is 13.8. The molecule has 3 rings (SSSR count). The average molecular weight is 258 g/mol. The summed E-state index contributed by atoms with van der Waals surface area (Å²) in [7, 11) is 0. The smallest absolute Gasteiger partial charge is 0.316 e. The van der Waals surface area contributed by atoms with Crippen molar-refractivity contribution in [3.63, 3.8) is 0 Å². The Morgan fingerprint density at radius 1 is 1.05 bits per heavy atom. The van der Waals surface area contributed by atoms with Gasteiger partial charge in [0.2, 0.25) is 0 Å². The van der Waals surface area contributed by atoms with Gasteiger partial charge in [0.25, 0.3) is 0 Å². The lowest BCUT2D eigenvalue weighted by Gasteiger charge is -2.20. The van der Waals surface area contributed by atoms with Gasteiger partial charge in [-0.1, -0.05) is 13.3 Å². The maximum atomic E-state index is 11.3. The third kappa shape index (κ3) is 2.01. The van der Waals surface area contributed by atoms with Gasteiger partial charge in [-0.3, -0.25) is 0 Å². The summed E-state index contributed by atoms with van der Waals surface area (Å²) in [5.74, 6) is 0. The highest BCUT2D eigenvalue weighted by atomic mass is 16.2. The highest BCUT2D eigenvalue weighted by molar-refractivity contribution is 5.91. The van der Waals surface area contributed by atoms with Crippen LogP contribution >= 0.6 is 0 Å². The number of nitrogens with one attached hydrogen (secondary N) is 1. The highest BCUT2D eigenvalue weighted by Crippen LogP contribution is 2.42. The number of anilines is 1. The number of fused-ring (bicyclic) bond motifs is 2. The van der Waals surface area contributed by atoms with Crippen LogP contribution in [0.25, 0.3) is 0 Å². The molecule has 3 heteroatoms. The van der Waals surface area contributed by atoms with Crippen LogP contribution in [0.1, 0.15) is 54.0 Å². The molecular formula is C16H22N2O. The Balaban J connectivity index is 2.19. The molecule has 1 aromatic carbocycles. The van der Waals surface area contributed by atoms with Crippen molar-refractivity contribution in [1.29, 1.82) is 0 Å². The summed E-state index contributed by atoms with van der Waals surface area (Å²) in [6.07, 6.45) is 9.33. The number of nitrogens with two attached hydrogens (primary N) is 1. The molecule has 2 aliphatic rings. The van der Waals surface area contributed by atoms with Crippen molar-refractivity contribution in [2.75, 3.05) is 5.32 Å². The lowest BCUT2D eigenvalue weighted by molar-refractivity contribution is 0.259. The first kappa shape index (κ1) is 12.5. The molecule has 0 bridgehead atoms. The molecule has 0 radical (unpaired) electrons. The lowest BCUT2D eigenvalue weighted by Crippen LogP contribution is -2.22. The molecule has 0 saturated carbocycles. The van der Waals surface area contributed by atoms with E-state index in [9.17, 15) is 4.79 Å². The van der Waals surface area contributed by atoms with E-state index in [4.69, 9.17) is 5.73 Å². The third-order valence-corrected chi connectivity index (χ3v) is 4.52. The zero-order valence-corrected chi connectivity index (χ0v) is 11.6. The van der Waals surface area contributed by atoms with Crippen molar-refractivity contribution in [3.05, 3.63) is 27.8 Å². The molecule has 2 aliphatic carbocycles. The third-order valence-electron chi connectivity index (χ3n) is 4.52. The van der Waals surface area contributed by atoms with E-state index in [1.165, 1.54) is 60.8 Å². The Labute approximate surface area is 114 Å². The first-order valence-electron chi connectivity index (χ1n) is 7.47. The second-order valence-electron chi connectivity index (χ2n) is 5.71. The van der Waals surface area contributed by atoms with Crippen LogP contribution in [0, 0.1) is 0 Å². The standard InChI is InChI=1S/C16H22N2O/c1-2-5-10-11-6-3-8-13(11)15(18-16(17)19)14-9-4-7-12(10)14/h2-9H2,1H3,(H3,17,18,19). The maximum Gasteiger partial charge on any atom is 0.316 e. The number of carbonyl (C=O) groups is 1. The van der Waals surface area contributed by atoms with Crippen molar-refractivity contribution in [2.24, 2.45) is 5.73 Å². The summed E-state index contributed by atoms with van der Waals surface area (Å²) in [4.78, 5) is 11.3. The van der Waals surface area contributed by atoms with Gasteiger partial charge in [0.05, 0.1) is 0 Å². The van der Waals surface area contributed by atoms with Gasteiger partial charge in [0.1, 0.15) is 0 Å². The molecule has 0 spiro atoms. The predicted molar refractivity (Wildman–Crippen MR) is 77.7 cm³/mol. The van der Waals surface area contributed by atoms with Crippen molar-refractivity contribution < 1.29 is 4.79 Å². The number of urea groups is 1. The first-order valence-corrected chi connectivity index (χ1v) is 7.47. The van der Waals surface area contributed by atoms with E-state index in [2.05, 4.69) is 12.2 Å². The van der Waals surface area contributed by atoms with Gasteiger partial charge in [0, 0.05) is 5.69 Å². The Hall–Kier alpha value is -1.51. The zero-order valence-electron chi connectivity index (χ0n) is 11.6. The van der Waals surface area contributed by atoms with E-state index in [1.807, 2.05) is 0 Å². The highest BCUT2D eigenvalue weighted by Gasteiger charge is 2.28. The van der Waals surface area contributed by atoms with Gasteiger partial charge in [-0.2, -0.15) is 0 Å². The molecule has 0 aliphatic heterocycles.